The maximum absolute atomic E-state index is 11.2. The molecule has 1 aliphatic rings. The molecule has 0 spiro atoms. The second-order valence-electron chi connectivity index (χ2n) is 5.17. The van der Waals surface area contributed by atoms with Gasteiger partial charge in [-0.05, 0) is 25.8 Å². The first-order chi connectivity index (χ1) is 10.1. The molecule has 0 amide bonds. The Labute approximate surface area is 129 Å². The average molecular weight is 314 g/mol. The van der Waals surface area contributed by atoms with Crippen LogP contribution in [0.2, 0.25) is 0 Å². The second kappa shape index (κ2) is 7.59. The smallest absolute Gasteiger partial charge is 0.207 e. The average Bonchev–Trinajstić information content (AvgIpc) is 2.48. The monoisotopic (exact) mass is 313 g/mol. The molecule has 1 saturated heterocycles. The number of nitrogens with zero attached hydrogens (tertiary/aromatic N) is 3. The van der Waals surface area contributed by atoms with Gasteiger partial charge in [-0.1, -0.05) is 23.2 Å². The van der Waals surface area contributed by atoms with Crippen LogP contribution in [0.4, 0.5) is 0 Å². The normalized spacial score (nSPS) is 20.0. The van der Waals surface area contributed by atoms with Crippen LogP contribution < -0.4 is 4.73 Å². The van der Waals surface area contributed by atoms with Crippen LogP contribution in [-0.2, 0) is 4.84 Å². The van der Waals surface area contributed by atoms with Crippen LogP contribution in [0.1, 0.15) is 31.7 Å². The summed E-state index contributed by atoms with van der Waals surface area (Å²) in [5.41, 5.74) is 0.470. The zero-order valence-electron chi connectivity index (χ0n) is 12.0. The van der Waals surface area contributed by atoms with Gasteiger partial charge in [-0.25, -0.2) is 0 Å². The number of hydrogen-bond acceptors (Lipinski definition) is 5. The first kappa shape index (κ1) is 16.0. The van der Waals surface area contributed by atoms with E-state index in [1.807, 2.05) is 0 Å². The minimum Gasteiger partial charge on any atom is -0.619 e. The van der Waals surface area contributed by atoms with Gasteiger partial charge in [0.25, 0.3) is 0 Å². The fraction of sp³-hybridized carbons (Fsp3) is 0.571. The Hall–Kier alpha value is -1.37. The number of hydrogen-bond donors (Lipinski definition) is 1. The molecule has 7 heteroatoms. The van der Waals surface area contributed by atoms with Crippen LogP contribution in [0.25, 0.3) is 0 Å². The Balaban J connectivity index is 2.04. The van der Waals surface area contributed by atoms with Crippen LogP contribution in [0.15, 0.2) is 29.7 Å². The number of oxime groups is 1. The van der Waals surface area contributed by atoms with Gasteiger partial charge in [0, 0.05) is 19.2 Å². The van der Waals surface area contributed by atoms with Crippen LogP contribution in [0, 0.1) is 5.21 Å². The van der Waals surface area contributed by atoms with Gasteiger partial charge in [0.05, 0.1) is 5.56 Å². The first-order valence-corrected chi connectivity index (χ1v) is 7.46. The number of likely N-dealkylation sites (tertiary alicyclic amines) is 1. The van der Waals surface area contributed by atoms with Crippen molar-refractivity contribution in [3.8, 4) is 0 Å². The molecule has 0 radical (unpaired) electrons. The Morgan fingerprint density at radius 3 is 2.81 bits per heavy atom. The summed E-state index contributed by atoms with van der Waals surface area (Å²) in [6.45, 7) is 3.40. The SMILES string of the molecule is CC(O)[C@@H](ON=C(Cl)c1ccc[n+]([O-])c1)N1CCCCC1. The van der Waals surface area contributed by atoms with Gasteiger partial charge in [-0.2, -0.15) is 4.73 Å². The third kappa shape index (κ3) is 4.56. The first-order valence-electron chi connectivity index (χ1n) is 7.08. The third-order valence-corrected chi connectivity index (χ3v) is 3.70. The van der Waals surface area contributed by atoms with E-state index >= 15 is 0 Å². The van der Waals surface area contributed by atoms with Gasteiger partial charge in [-0.3, -0.25) is 4.90 Å². The van der Waals surface area contributed by atoms with Gasteiger partial charge in [0.2, 0.25) is 6.23 Å². The molecule has 0 bridgehead atoms. The van der Waals surface area contributed by atoms with Gasteiger partial charge in [0.15, 0.2) is 17.6 Å². The highest BCUT2D eigenvalue weighted by Gasteiger charge is 2.26. The number of rotatable bonds is 5. The predicted octanol–water partition coefficient (Wildman–Crippen LogP) is 1.43. The molecule has 1 aliphatic heterocycles. The topological polar surface area (TPSA) is 72.0 Å². The van der Waals surface area contributed by atoms with Crippen molar-refractivity contribution < 1.29 is 14.7 Å². The quantitative estimate of drug-likeness (QED) is 0.386. The van der Waals surface area contributed by atoms with E-state index in [4.69, 9.17) is 16.4 Å². The standard InChI is InChI=1S/C14H20ClN3O3/c1-11(19)14(17-7-3-2-4-8-17)21-16-13(15)12-6-5-9-18(20)10-12/h5-6,9-11,14,19H,2-4,7-8H2,1H3/t11?,14-/m1/s1. The number of piperidine rings is 1. The highest BCUT2D eigenvalue weighted by Crippen LogP contribution is 2.16. The van der Waals surface area contributed by atoms with Crippen LogP contribution >= 0.6 is 11.6 Å². The molecule has 0 saturated carbocycles. The van der Waals surface area contributed by atoms with Gasteiger partial charge in [-0.15, -0.1) is 0 Å². The molecule has 116 valence electrons. The van der Waals surface area contributed by atoms with Gasteiger partial charge >= 0.3 is 0 Å². The molecule has 0 aromatic carbocycles. The maximum Gasteiger partial charge on any atom is 0.207 e. The van der Waals surface area contributed by atoms with E-state index in [2.05, 4.69) is 10.1 Å². The van der Waals surface area contributed by atoms with Crippen molar-refractivity contribution in [1.82, 2.24) is 4.90 Å². The molecule has 1 fully saturated rings. The lowest BCUT2D eigenvalue weighted by Crippen LogP contribution is -2.46. The highest BCUT2D eigenvalue weighted by atomic mass is 35.5. The van der Waals surface area contributed by atoms with Crippen LogP contribution in [0.5, 0.6) is 0 Å². The molecule has 1 N–H and O–H groups in total. The number of aliphatic hydroxyl groups excluding tert-OH is 1. The maximum atomic E-state index is 11.2. The van der Waals surface area contributed by atoms with Crippen molar-refractivity contribution in [1.29, 1.82) is 0 Å². The summed E-state index contributed by atoms with van der Waals surface area (Å²) < 4.78 is 0.643. The molecule has 1 aromatic rings. The lowest BCUT2D eigenvalue weighted by atomic mass is 10.1. The molecule has 6 nitrogen and oxygen atoms in total. The molecular weight excluding hydrogens is 294 g/mol. The molecule has 2 heterocycles. The Morgan fingerprint density at radius 1 is 1.48 bits per heavy atom. The molecule has 2 atom stereocenters. The second-order valence-corrected chi connectivity index (χ2v) is 5.53. The Kier molecular flexibility index (Phi) is 5.78. The minimum atomic E-state index is -0.684. The predicted molar refractivity (Wildman–Crippen MR) is 79.8 cm³/mol. The Morgan fingerprint density at radius 2 is 2.19 bits per heavy atom. The van der Waals surface area contributed by atoms with Gasteiger partial charge < -0.3 is 15.2 Å². The van der Waals surface area contributed by atoms with Crippen molar-refractivity contribution >= 4 is 16.8 Å². The van der Waals surface area contributed by atoms with E-state index < -0.39 is 12.3 Å². The van der Waals surface area contributed by atoms with Crippen molar-refractivity contribution in [2.75, 3.05) is 13.1 Å². The van der Waals surface area contributed by atoms with E-state index in [-0.39, 0.29) is 5.17 Å². The lowest BCUT2D eigenvalue weighted by molar-refractivity contribution is -0.605. The molecule has 0 aliphatic carbocycles. The van der Waals surface area contributed by atoms with Crippen molar-refractivity contribution in [2.24, 2.45) is 5.16 Å². The molecular formula is C14H20ClN3O3. The van der Waals surface area contributed by atoms with Crippen molar-refractivity contribution in [3.63, 3.8) is 0 Å². The fourth-order valence-corrected chi connectivity index (χ4v) is 2.51. The van der Waals surface area contributed by atoms with E-state index in [1.165, 1.54) is 18.8 Å². The highest BCUT2D eigenvalue weighted by molar-refractivity contribution is 6.69. The van der Waals surface area contributed by atoms with Crippen LogP contribution in [0.3, 0.4) is 0 Å². The third-order valence-electron chi connectivity index (χ3n) is 3.42. The van der Waals surface area contributed by atoms with Crippen LogP contribution in [-0.4, -0.2) is 40.6 Å². The summed E-state index contributed by atoms with van der Waals surface area (Å²) in [5, 5.41) is 25.0. The zero-order chi connectivity index (χ0) is 15.2. The minimum absolute atomic E-state index is 0.0860. The Bertz CT molecular complexity index is 490. The van der Waals surface area contributed by atoms with E-state index in [0.717, 1.165) is 25.9 Å². The summed E-state index contributed by atoms with van der Waals surface area (Å²) in [4.78, 5) is 7.48. The zero-order valence-corrected chi connectivity index (χ0v) is 12.7. The van der Waals surface area contributed by atoms with Gasteiger partial charge in [0.1, 0.15) is 6.10 Å². The molecule has 1 aromatic heterocycles. The van der Waals surface area contributed by atoms with E-state index in [9.17, 15) is 10.3 Å². The van der Waals surface area contributed by atoms with Crippen molar-refractivity contribution in [2.45, 2.75) is 38.5 Å². The van der Waals surface area contributed by atoms with E-state index in [1.54, 1.807) is 19.1 Å². The number of aromatic nitrogens is 1. The largest absolute Gasteiger partial charge is 0.619 e. The summed E-state index contributed by atoms with van der Waals surface area (Å²) in [6.07, 6.45) is 4.82. The summed E-state index contributed by atoms with van der Waals surface area (Å²) >= 11 is 6.04. The van der Waals surface area contributed by atoms with Crippen molar-refractivity contribution in [3.05, 3.63) is 35.3 Å². The molecule has 1 unspecified atom stereocenters. The van der Waals surface area contributed by atoms with E-state index in [0.29, 0.717) is 10.3 Å². The number of aliphatic hydroxyl groups is 1. The summed E-state index contributed by atoms with van der Waals surface area (Å²) in [5.74, 6) is 0. The summed E-state index contributed by atoms with van der Waals surface area (Å²) in [6, 6.07) is 3.25. The number of pyridine rings is 1. The molecule has 2 rings (SSSR count). The fourth-order valence-electron chi connectivity index (χ4n) is 2.36. The molecule has 21 heavy (non-hydrogen) atoms. The lowest BCUT2D eigenvalue weighted by Gasteiger charge is -2.33. The number of halogens is 1. The summed E-state index contributed by atoms with van der Waals surface area (Å²) in [7, 11) is 0.